The summed E-state index contributed by atoms with van der Waals surface area (Å²) in [5.74, 6) is 0.187. The van der Waals surface area contributed by atoms with Crippen molar-refractivity contribution in [2.24, 2.45) is 0 Å². The number of nitrogens with two attached hydrogens (primary N) is 1. The first-order chi connectivity index (χ1) is 9.12. The van der Waals surface area contributed by atoms with Crippen molar-refractivity contribution in [2.45, 2.75) is 0 Å². The average molecular weight is 259 g/mol. The lowest BCUT2D eigenvalue weighted by Gasteiger charge is -2.09. The summed E-state index contributed by atoms with van der Waals surface area (Å²) in [6, 6.07) is 7.22. The second kappa shape index (κ2) is 5.18. The molecule has 0 atom stereocenters. The van der Waals surface area contributed by atoms with E-state index in [9.17, 15) is 4.39 Å². The molecule has 7 heteroatoms. The number of nitrogen functional groups attached to an aromatic ring is 1. The highest BCUT2D eigenvalue weighted by Gasteiger charge is 2.07. The number of methoxy groups -OCH3 is 1. The van der Waals surface area contributed by atoms with Crippen LogP contribution >= 0.6 is 0 Å². The molecule has 0 saturated carbocycles. The summed E-state index contributed by atoms with van der Waals surface area (Å²) in [6.45, 7) is 0. The van der Waals surface area contributed by atoms with Crippen molar-refractivity contribution in [2.75, 3.05) is 18.2 Å². The van der Waals surface area contributed by atoms with Crippen LogP contribution in [0.4, 0.5) is 21.8 Å². The van der Waals surface area contributed by atoms with E-state index in [1.165, 1.54) is 25.3 Å². The topological polar surface area (TPSA) is 96.8 Å². The molecule has 6 nitrogen and oxygen atoms in total. The van der Waals surface area contributed by atoms with Crippen molar-refractivity contribution in [3.63, 3.8) is 0 Å². The van der Waals surface area contributed by atoms with Crippen LogP contribution in [0.25, 0.3) is 0 Å². The van der Waals surface area contributed by atoms with E-state index < -0.39 is 5.82 Å². The number of nitriles is 1. The summed E-state index contributed by atoms with van der Waals surface area (Å²) >= 11 is 0. The second-order valence-corrected chi connectivity index (χ2v) is 3.58. The van der Waals surface area contributed by atoms with Crippen molar-refractivity contribution in [3.8, 4) is 11.9 Å². The van der Waals surface area contributed by atoms with Gasteiger partial charge >= 0.3 is 0 Å². The molecular weight excluding hydrogens is 249 g/mol. The molecule has 0 aliphatic heterocycles. The lowest BCUT2D eigenvalue weighted by atomic mass is 10.2. The van der Waals surface area contributed by atoms with E-state index in [1.54, 1.807) is 0 Å². The Morgan fingerprint density at radius 1 is 1.37 bits per heavy atom. The highest BCUT2D eigenvalue weighted by Crippen LogP contribution is 2.22. The number of hydrogen-bond donors (Lipinski definition) is 2. The molecule has 2 rings (SSSR count). The number of hydrogen-bond acceptors (Lipinski definition) is 6. The third-order valence-electron chi connectivity index (χ3n) is 2.29. The molecular formula is C12H10FN5O. The number of halogens is 1. The van der Waals surface area contributed by atoms with Crippen LogP contribution in [-0.4, -0.2) is 17.1 Å². The summed E-state index contributed by atoms with van der Waals surface area (Å²) in [6.07, 6.45) is 0. The standard InChI is InChI=1S/C12H10FN5O/c1-19-11-5-10(17-12(15)18-11)16-9-3-2-8(13)4-7(9)6-14/h2-5H,1H3,(H3,15,16,17,18). The lowest BCUT2D eigenvalue weighted by Crippen LogP contribution is -2.02. The van der Waals surface area contributed by atoms with Gasteiger partial charge in [-0.2, -0.15) is 15.2 Å². The quantitative estimate of drug-likeness (QED) is 0.872. The molecule has 1 aromatic heterocycles. The first-order valence-corrected chi connectivity index (χ1v) is 5.27. The third kappa shape index (κ3) is 2.87. The van der Waals surface area contributed by atoms with Gasteiger partial charge in [-0.15, -0.1) is 0 Å². The van der Waals surface area contributed by atoms with E-state index in [0.29, 0.717) is 11.5 Å². The molecule has 1 aromatic carbocycles. The van der Waals surface area contributed by atoms with Crippen LogP contribution in [0.1, 0.15) is 5.56 Å². The molecule has 0 spiro atoms. The van der Waals surface area contributed by atoms with Crippen LogP contribution in [-0.2, 0) is 0 Å². The fourth-order valence-electron chi connectivity index (χ4n) is 1.47. The molecule has 1 heterocycles. The van der Waals surface area contributed by atoms with Gasteiger partial charge < -0.3 is 15.8 Å². The Bertz CT molecular complexity index is 653. The van der Waals surface area contributed by atoms with Crippen LogP contribution in [0, 0.1) is 17.1 Å². The maximum atomic E-state index is 13.0. The van der Waals surface area contributed by atoms with Crippen molar-refractivity contribution >= 4 is 17.5 Å². The van der Waals surface area contributed by atoms with Crippen LogP contribution in [0.3, 0.4) is 0 Å². The van der Waals surface area contributed by atoms with E-state index in [0.717, 1.165) is 6.07 Å². The maximum absolute atomic E-state index is 13.0. The van der Waals surface area contributed by atoms with Gasteiger partial charge in [0.15, 0.2) is 0 Å². The molecule has 0 aliphatic carbocycles. The van der Waals surface area contributed by atoms with Crippen molar-refractivity contribution in [3.05, 3.63) is 35.6 Å². The van der Waals surface area contributed by atoms with Crippen LogP contribution in [0.5, 0.6) is 5.88 Å². The summed E-state index contributed by atoms with van der Waals surface area (Å²) in [4.78, 5) is 7.78. The minimum absolute atomic E-state index is 0.0301. The molecule has 19 heavy (non-hydrogen) atoms. The summed E-state index contributed by atoms with van der Waals surface area (Å²) in [7, 11) is 1.45. The van der Waals surface area contributed by atoms with Gasteiger partial charge in [-0.3, -0.25) is 0 Å². The minimum Gasteiger partial charge on any atom is -0.481 e. The van der Waals surface area contributed by atoms with Gasteiger partial charge in [0.2, 0.25) is 11.8 Å². The van der Waals surface area contributed by atoms with Gasteiger partial charge in [0, 0.05) is 6.07 Å². The molecule has 0 radical (unpaired) electrons. The normalized spacial score (nSPS) is 9.74. The monoisotopic (exact) mass is 259 g/mol. The van der Waals surface area contributed by atoms with Gasteiger partial charge in [0.1, 0.15) is 17.7 Å². The van der Waals surface area contributed by atoms with Gasteiger partial charge in [-0.05, 0) is 18.2 Å². The lowest BCUT2D eigenvalue weighted by molar-refractivity contribution is 0.398. The fourth-order valence-corrected chi connectivity index (χ4v) is 1.47. The predicted molar refractivity (Wildman–Crippen MR) is 67.4 cm³/mol. The number of aromatic nitrogens is 2. The number of nitrogens with one attached hydrogen (secondary N) is 1. The number of anilines is 3. The van der Waals surface area contributed by atoms with Crippen LogP contribution in [0.15, 0.2) is 24.3 Å². The van der Waals surface area contributed by atoms with Gasteiger partial charge in [0.05, 0.1) is 18.4 Å². The molecule has 0 unspecified atom stereocenters. The predicted octanol–water partition coefficient (Wildman–Crippen LogP) is 1.82. The number of benzene rings is 1. The largest absolute Gasteiger partial charge is 0.481 e. The highest BCUT2D eigenvalue weighted by atomic mass is 19.1. The Kier molecular flexibility index (Phi) is 3.43. The van der Waals surface area contributed by atoms with E-state index >= 15 is 0 Å². The first-order valence-electron chi connectivity index (χ1n) is 5.27. The van der Waals surface area contributed by atoms with Crippen LogP contribution in [0.2, 0.25) is 0 Å². The third-order valence-corrected chi connectivity index (χ3v) is 2.29. The Hall–Kier alpha value is -2.88. The zero-order valence-electron chi connectivity index (χ0n) is 10.0. The first kappa shape index (κ1) is 12.6. The molecule has 0 aliphatic rings. The molecule has 96 valence electrons. The molecule has 2 aromatic rings. The van der Waals surface area contributed by atoms with E-state index in [-0.39, 0.29) is 17.4 Å². The van der Waals surface area contributed by atoms with Gasteiger partial charge in [-0.25, -0.2) is 4.39 Å². The Labute approximate surface area is 108 Å². The van der Waals surface area contributed by atoms with E-state index in [4.69, 9.17) is 15.7 Å². The number of ether oxygens (including phenoxy) is 1. The Balaban J connectivity index is 2.36. The molecule has 0 fully saturated rings. The molecule has 0 saturated heterocycles. The Morgan fingerprint density at radius 2 is 2.16 bits per heavy atom. The summed E-state index contributed by atoms with van der Waals surface area (Å²) < 4.78 is 18.0. The second-order valence-electron chi connectivity index (χ2n) is 3.58. The number of nitrogens with zero attached hydrogens (tertiary/aromatic N) is 3. The molecule has 0 bridgehead atoms. The zero-order valence-corrected chi connectivity index (χ0v) is 10.0. The summed E-state index contributed by atoms with van der Waals surface area (Å²) in [5, 5.41) is 11.8. The molecule has 3 N–H and O–H groups in total. The average Bonchev–Trinajstić information content (AvgIpc) is 2.40. The van der Waals surface area contributed by atoms with Crippen molar-refractivity contribution in [1.82, 2.24) is 9.97 Å². The van der Waals surface area contributed by atoms with Gasteiger partial charge in [-0.1, -0.05) is 0 Å². The van der Waals surface area contributed by atoms with Gasteiger partial charge in [0.25, 0.3) is 0 Å². The SMILES string of the molecule is COc1cc(Nc2ccc(F)cc2C#N)nc(N)n1. The van der Waals surface area contributed by atoms with E-state index in [2.05, 4.69) is 15.3 Å². The zero-order chi connectivity index (χ0) is 13.8. The fraction of sp³-hybridized carbons (Fsp3) is 0.0833. The molecule has 0 amide bonds. The number of rotatable bonds is 3. The highest BCUT2D eigenvalue weighted by molar-refractivity contribution is 5.65. The van der Waals surface area contributed by atoms with E-state index in [1.807, 2.05) is 6.07 Å². The summed E-state index contributed by atoms with van der Waals surface area (Å²) in [5.41, 5.74) is 6.10. The maximum Gasteiger partial charge on any atom is 0.225 e. The van der Waals surface area contributed by atoms with Crippen molar-refractivity contribution in [1.29, 1.82) is 5.26 Å². The minimum atomic E-state index is -0.484. The Morgan fingerprint density at radius 3 is 2.84 bits per heavy atom. The van der Waals surface area contributed by atoms with Crippen LogP contribution < -0.4 is 15.8 Å². The van der Waals surface area contributed by atoms with Crippen molar-refractivity contribution < 1.29 is 9.13 Å². The smallest absolute Gasteiger partial charge is 0.225 e.